The molecule has 0 spiro atoms. The predicted molar refractivity (Wildman–Crippen MR) is 77.8 cm³/mol. The summed E-state index contributed by atoms with van der Waals surface area (Å²) in [5.41, 5.74) is 0.804. The zero-order valence-corrected chi connectivity index (χ0v) is 12.3. The lowest BCUT2D eigenvalue weighted by molar-refractivity contribution is -0.151. The van der Waals surface area contributed by atoms with E-state index in [0.717, 1.165) is 24.8 Å². The van der Waals surface area contributed by atoms with Gasteiger partial charge >= 0.3 is 5.97 Å². The van der Waals surface area contributed by atoms with Crippen molar-refractivity contribution in [3.8, 4) is 0 Å². The first-order valence-corrected chi connectivity index (χ1v) is 7.70. The summed E-state index contributed by atoms with van der Waals surface area (Å²) in [6, 6.07) is 9.31. The number of ether oxygens (including phenoxy) is 2. The SMILES string of the molecule is CC1OC1[C@H]1CC[C@H](OC(=O)C(CO)c2ccccc2)C1. The molecule has 3 rings (SSSR count). The van der Waals surface area contributed by atoms with Gasteiger partial charge in [0, 0.05) is 0 Å². The third kappa shape index (κ3) is 3.27. The number of hydrogen-bond acceptors (Lipinski definition) is 4. The Morgan fingerprint density at radius 3 is 2.71 bits per heavy atom. The van der Waals surface area contributed by atoms with E-state index >= 15 is 0 Å². The molecule has 1 saturated carbocycles. The van der Waals surface area contributed by atoms with Gasteiger partial charge in [-0.05, 0) is 37.7 Å². The summed E-state index contributed by atoms with van der Waals surface area (Å²) in [6.45, 7) is 1.86. The third-order valence-corrected chi connectivity index (χ3v) is 4.60. The van der Waals surface area contributed by atoms with Crippen LogP contribution in [0.5, 0.6) is 0 Å². The van der Waals surface area contributed by atoms with Gasteiger partial charge in [-0.1, -0.05) is 30.3 Å². The number of aliphatic hydroxyl groups excluding tert-OH is 1. The van der Waals surface area contributed by atoms with E-state index in [1.165, 1.54) is 0 Å². The van der Waals surface area contributed by atoms with E-state index < -0.39 is 5.92 Å². The van der Waals surface area contributed by atoms with Gasteiger partial charge in [0.25, 0.3) is 0 Å². The van der Waals surface area contributed by atoms with Crippen molar-refractivity contribution in [2.45, 2.75) is 50.4 Å². The van der Waals surface area contributed by atoms with E-state index in [1.807, 2.05) is 30.3 Å². The molecular formula is C17H22O4. The van der Waals surface area contributed by atoms with Crippen molar-refractivity contribution >= 4 is 5.97 Å². The molecule has 5 atom stereocenters. The molecule has 4 nitrogen and oxygen atoms in total. The van der Waals surface area contributed by atoms with Crippen LogP contribution >= 0.6 is 0 Å². The molecule has 0 aromatic heterocycles. The van der Waals surface area contributed by atoms with Crippen LogP contribution in [0.15, 0.2) is 30.3 Å². The maximum atomic E-state index is 12.3. The summed E-state index contributed by atoms with van der Waals surface area (Å²) in [7, 11) is 0. The molecule has 4 heteroatoms. The van der Waals surface area contributed by atoms with Crippen LogP contribution in [-0.2, 0) is 14.3 Å². The van der Waals surface area contributed by atoms with Crippen molar-refractivity contribution in [2.24, 2.45) is 5.92 Å². The molecule has 2 aliphatic rings. The summed E-state index contributed by atoms with van der Waals surface area (Å²) in [6.07, 6.45) is 3.53. The number of carbonyl (C=O) groups excluding carboxylic acids is 1. The predicted octanol–water partition coefficient (Wildman–Crippen LogP) is 2.26. The Balaban J connectivity index is 1.56. The first-order chi connectivity index (χ1) is 10.2. The Morgan fingerprint density at radius 1 is 1.38 bits per heavy atom. The van der Waals surface area contributed by atoms with Crippen LogP contribution in [-0.4, -0.2) is 36.0 Å². The van der Waals surface area contributed by atoms with Gasteiger partial charge in [0.1, 0.15) is 12.0 Å². The Morgan fingerprint density at radius 2 is 2.10 bits per heavy atom. The van der Waals surface area contributed by atoms with E-state index in [4.69, 9.17) is 9.47 Å². The third-order valence-electron chi connectivity index (χ3n) is 4.60. The number of esters is 1. The van der Waals surface area contributed by atoms with Crippen LogP contribution in [0.1, 0.15) is 37.7 Å². The van der Waals surface area contributed by atoms with Gasteiger partial charge in [-0.25, -0.2) is 0 Å². The highest BCUT2D eigenvalue weighted by atomic mass is 16.6. The Kier molecular flexibility index (Phi) is 4.27. The molecular weight excluding hydrogens is 268 g/mol. The molecule has 21 heavy (non-hydrogen) atoms. The average molecular weight is 290 g/mol. The summed E-state index contributed by atoms with van der Waals surface area (Å²) in [5.74, 6) is -0.387. The van der Waals surface area contributed by atoms with Crippen LogP contribution in [0.3, 0.4) is 0 Å². The van der Waals surface area contributed by atoms with Crippen molar-refractivity contribution in [1.29, 1.82) is 0 Å². The molecule has 1 aromatic carbocycles. The first-order valence-electron chi connectivity index (χ1n) is 7.70. The highest BCUT2D eigenvalue weighted by molar-refractivity contribution is 5.78. The number of benzene rings is 1. The minimum Gasteiger partial charge on any atom is -0.462 e. The lowest BCUT2D eigenvalue weighted by atomic mass is 10.00. The lowest BCUT2D eigenvalue weighted by Crippen LogP contribution is -2.24. The number of hydrogen-bond donors (Lipinski definition) is 1. The van der Waals surface area contributed by atoms with Gasteiger partial charge in [0.05, 0.1) is 18.8 Å². The van der Waals surface area contributed by atoms with Crippen molar-refractivity contribution in [2.75, 3.05) is 6.61 Å². The average Bonchev–Trinajstić information content (AvgIpc) is 3.04. The van der Waals surface area contributed by atoms with Crippen LogP contribution in [0.2, 0.25) is 0 Å². The molecule has 3 unspecified atom stereocenters. The Hall–Kier alpha value is -1.39. The molecule has 1 aliphatic carbocycles. The van der Waals surface area contributed by atoms with Gasteiger partial charge in [0.15, 0.2) is 0 Å². The largest absolute Gasteiger partial charge is 0.462 e. The van der Waals surface area contributed by atoms with Gasteiger partial charge in [-0.3, -0.25) is 4.79 Å². The van der Waals surface area contributed by atoms with Crippen LogP contribution in [0.4, 0.5) is 0 Å². The number of rotatable bonds is 5. The standard InChI is InChI=1S/C17H22O4/c1-11-16(20-11)13-7-8-14(9-13)21-17(19)15(10-18)12-5-3-2-4-6-12/h2-6,11,13-16,18H,7-10H2,1H3/t11?,13-,14-,15?,16?/m0/s1. The zero-order valence-electron chi connectivity index (χ0n) is 12.3. The molecule has 114 valence electrons. The molecule has 0 amide bonds. The maximum absolute atomic E-state index is 12.3. The topological polar surface area (TPSA) is 59.1 Å². The minimum atomic E-state index is -0.582. The number of epoxide rings is 1. The molecule has 1 aliphatic heterocycles. The second-order valence-corrected chi connectivity index (χ2v) is 6.08. The zero-order chi connectivity index (χ0) is 14.8. The first kappa shape index (κ1) is 14.5. The molecule has 2 fully saturated rings. The monoisotopic (exact) mass is 290 g/mol. The normalized spacial score (nSPS) is 32.7. The van der Waals surface area contributed by atoms with Gasteiger partial charge in [0.2, 0.25) is 0 Å². The van der Waals surface area contributed by atoms with Crippen molar-refractivity contribution in [3.63, 3.8) is 0 Å². The summed E-state index contributed by atoms with van der Waals surface area (Å²) in [5, 5.41) is 9.49. The molecule has 0 bridgehead atoms. The van der Waals surface area contributed by atoms with Crippen LogP contribution in [0.25, 0.3) is 0 Å². The molecule has 0 radical (unpaired) electrons. The quantitative estimate of drug-likeness (QED) is 0.667. The van der Waals surface area contributed by atoms with Gasteiger partial charge < -0.3 is 14.6 Å². The number of aliphatic hydroxyl groups is 1. The summed E-state index contributed by atoms with van der Waals surface area (Å²) < 4.78 is 11.1. The smallest absolute Gasteiger partial charge is 0.316 e. The fourth-order valence-corrected chi connectivity index (χ4v) is 3.32. The molecule has 1 heterocycles. The number of carbonyl (C=O) groups is 1. The second-order valence-electron chi connectivity index (χ2n) is 6.08. The van der Waals surface area contributed by atoms with Gasteiger partial charge in [-0.15, -0.1) is 0 Å². The Labute approximate surface area is 125 Å². The highest BCUT2D eigenvalue weighted by Gasteiger charge is 2.45. The fourth-order valence-electron chi connectivity index (χ4n) is 3.32. The van der Waals surface area contributed by atoms with Crippen molar-refractivity contribution in [3.05, 3.63) is 35.9 Å². The Bertz CT molecular complexity index is 487. The fraction of sp³-hybridized carbons (Fsp3) is 0.588. The summed E-state index contributed by atoms with van der Waals surface area (Å²) in [4.78, 5) is 12.3. The van der Waals surface area contributed by atoms with E-state index in [2.05, 4.69) is 6.92 Å². The minimum absolute atomic E-state index is 0.0309. The molecule has 1 aromatic rings. The van der Waals surface area contributed by atoms with Crippen molar-refractivity contribution in [1.82, 2.24) is 0 Å². The molecule has 1 N–H and O–H groups in total. The second kappa shape index (κ2) is 6.16. The lowest BCUT2D eigenvalue weighted by Gasteiger charge is -2.18. The highest BCUT2D eigenvalue weighted by Crippen LogP contribution is 2.40. The van der Waals surface area contributed by atoms with E-state index in [-0.39, 0.29) is 18.7 Å². The summed E-state index contributed by atoms with van der Waals surface area (Å²) >= 11 is 0. The van der Waals surface area contributed by atoms with E-state index in [0.29, 0.717) is 18.1 Å². The molecule has 1 saturated heterocycles. The van der Waals surface area contributed by atoms with E-state index in [1.54, 1.807) is 0 Å². The maximum Gasteiger partial charge on any atom is 0.316 e. The van der Waals surface area contributed by atoms with Crippen LogP contribution in [0, 0.1) is 5.92 Å². The van der Waals surface area contributed by atoms with Gasteiger partial charge in [-0.2, -0.15) is 0 Å². The van der Waals surface area contributed by atoms with Crippen molar-refractivity contribution < 1.29 is 19.4 Å². The van der Waals surface area contributed by atoms with E-state index in [9.17, 15) is 9.90 Å². The van der Waals surface area contributed by atoms with Crippen LogP contribution < -0.4 is 0 Å².